The van der Waals surface area contributed by atoms with Gasteiger partial charge in [-0.25, -0.2) is 0 Å². The molecule has 0 atom stereocenters. The third-order valence-electron chi connectivity index (χ3n) is 0.705. The Morgan fingerprint density at radius 3 is 1.88 bits per heavy atom. The van der Waals surface area contributed by atoms with Crippen molar-refractivity contribution in [1.29, 1.82) is 0 Å². The number of carbonyl (C=O) groups excluding carboxylic acids is 1. The molecule has 0 aromatic rings. The predicted octanol–water partition coefficient (Wildman–Crippen LogP) is 0.810. The summed E-state index contributed by atoms with van der Waals surface area (Å²) in [5.41, 5.74) is 4.97. The van der Waals surface area contributed by atoms with Gasteiger partial charge in [0.1, 0.15) is 0 Å². The topological polar surface area (TPSA) is 43.1 Å². The van der Waals surface area contributed by atoms with Crippen LogP contribution in [0, 0.1) is 0 Å². The lowest BCUT2D eigenvalue weighted by Gasteiger charge is -2.11. The van der Waals surface area contributed by atoms with Crippen LogP contribution < -0.4 is 5.73 Å². The van der Waals surface area contributed by atoms with Crippen LogP contribution in [0.4, 0.5) is 0 Å². The van der Waals surface area contributed by atoms with Crippen LogP contribution in [0.5, 0.6) is 0 Å². The molecular formula is C5H13NOSi. The van der Waals surface area contributed by atoms with Gasteiger partial charge in [0.05, 0.1) is 8.07 Å². The zero-order valence-corrected chi connectivity index (χ0v) is 6.69. The van der Waals surface area contributed by atoms with Crippen molar-refractivity contribution in [2.45, 2.75) is 25.7 Å². The number of carbonyl (C=O) groups is 1. The molecule has 0 aromatic heterocycles. The molecule has 2 nitrogen and oxygen atoms in total. The van der Waals surface area contributed by atoms with Crippen LogP contribution in [0.15, 0.2) is 0 Å². The van der Waals surface area contributed by atoms with E-state index in [1.54, 1.807) is 0 Å². The molecule has 0 radical (unpaired) electrons. The fourth-order valence-corrected chi connectivity index (χ4v) is 1.57. The van der Waals surface area contributed by atoms with Gasteiger partial charge in [0, 0.05) is 6.04 Å². The molecule has 2 N–H and O–H groups in total. The summed E-state index contributed by atoms with van der Waals surface area (Å²) in [5, 5.41) is 0. The lowest BCUT2D eigenvalue weighted by atomic mass is 10.8. The average Bonchev–Trinajstić information content (AvgIpc) is 1.21. The number of hydrogen-bond acceptors (Lipinski definition) is 1. The minimum atomic E-state index is -1.19. The molecule has 0 rings (SSSR count). The first-order chi connectivity index (χ1) is 3.42. The Bertz CT molecular complexity index is 95.1. The first-order valence-corrected chi connectivity index (χ1v) is 6.41. The number of rotatable bonds is 2. The van der Waals surface area contributed by atoms with E-state index >= 15 is 0 Å². The number of hydrogen-bond donors (Lipinski definition) is 1. The van der Waals surface area contributed by atoms with Gasteiger partial charge in [-0.2, -0.15) is 0 Å². The summed E-state index contributed by atoms with van der Waals surface area (Å²) in [6.45, 7) is 6.37. The van der Waals surface area contributed by atoms with Crippen LogP contribution in [-0.2, 0) is 4.79 Å². The second-order valence-electron chi connectivity index (χ2n) is 3.20. The van der Waals surface area contributed by atoms with E-state index in [0.717, 1.165) is 0 Å². The Kier molecular flexibility index (Phi) is 2.21. The zero-order valence-electron chi connectivity index (χ0n) is 5.69. The van der Waals surface area contributed by atoms with Crippen molar-refractivity contribution in [3.05, 3.63) is 0 Å². The summed E-state index contributed by atoms with van der Waals surface area (Å²) in [5.74, 6) is -0.163. The molecule has 0 unspecified atom stereocenters. The first kappa shape index (κ1) is 7.69. The molecule has 0 spiro atoms. The van der Waals surface area contributed by atoms with Crippen molar-refractivity contribution < 1.29 is 4.79 Å². The molecule has 0 bridgehead atoms. The summed E-state index contributed by atoms with van der Waals surface area (Å²) in [4.78, 5) is 10.3. The molecule has 0 aliphatic carbocycles. The average molecular weight is 131 g/mol. The van der Waals surface area contributed by atoms with Crippen LogP contribution in [0.25, 0.3) is 0 Å². The van der Waals surface area contributed by atoms with Gasteiger partial charge < -0.3 is 5.73 Å². The molecule has 0 aliphatic rings. The van der Waals surface area contributed by atoms with Gasteiger partial charge in [0.25, 0.3) is 0 Å². The summed E-state index contributed by atoms with van der Waals surface area (Å²) in [7, 11) is -1.19. The van der Waals surface area contributed by atoms with Crippen LogP contribution in [0.1, 0.15) is 0 Å². The van der Waals surface area contributed by atoms with Crippen molar-refractivity contribution >= 4 is 14.0 Å². The highest BCUT2D eigenvalue weighted by molar-refractivity contribution is 6.78. The van der Waals surface area contributed by atoms with Gasteiger partial charge in [-0.05, 0) is 0 Å². The summed E-state index contributed by atoms with van der Waals surface area (Å²) in [6, 6.07) is 0.604. The van der Waals surface area contributed by atoms with E-state index in [-0.39, 0.29) is 5.91 Å². The van der Waals surface area contributed by atoms with Crippen molar-refractivity contribution in [3.8, 4) is 0 Å². The van der Waals surface area contributed by atoms with Crippen molar-refractivity contribution in [1.82, 2.24) is 0 Å². The summed E-state index contributed by atoms with van der Waals surface area (Å²) >= 11 is 0. The fourth-order valence-electron chi connectivity index (χ4n) is 0.523. The molecule has 0 aromatic carbocycles. The lowest BCUT2D eigenvalue weighted by Crippen LogP contribution is -2.27. The van der Waals surface area contributed by atoms with Gasteiger partial charge in [0.15, 0.2) is 0 Å². The van der Waals surface area contributed by atoms with Gasteiger partial charge in [0.2, 0.25) is 5.91 Å². The highest BCUT2D eigenvalue weighted by Crippen LogP contribution is 2.05. The van der Waals surface area contributed by atoms with Crippen LogP contribution in [0.2, 0.25) is 25.7 Å². The second-order valence-corrected chi connectivity index (χ2v) is 8.68. The minimum absolute atomic E-state index is 0.163. The minimum Gasteiger partial charge on any atom is -0.370 e. The molecule has 0 heterocycles. The third kappa shape index (κ3) is 5.69. The number of nitrogens with two attached hydrogens (primary N) is 1. The van der Waals surface area contributed by atoms with E-state index < -0.39 is 8.07 Å². The second kappa shape index (κ2) is 2.30. The van der Waals surface area contributed by atoms with E-state index in [1.807, 2.05) is 0 Å². The molecule has 1 amide bonds. The quantitative estimate of drug-likeness (QED) is 0.554. The van der Waals surface area contributed by atoms with Crippen LogP contribution >= 0.6 is 0 Å². The molecular weight excluding hydrogens is 118 g/mol. The Balaban J connectivity index is 3.55. The summed E-state index contributed by atoms with van der Waals surface area (Å²) < 4.78 is 0. The number of primary amides is 1. The lowest BCUT2D eigenvalue weighted by molar-refractivity contribution is -0.116. The highest BCUT2D eigenvalue weighted by atomic mass is 28.3. The summed E-state index contributed by atoms with van der Waals surface area (Å²) in [6.07, 6.45) is 0. The van der Waals surface area contributed by atoms with Gasteiger partial charge >= 0.3 is 0 Å². The molecule has 8 heavy (non-hydrogen) atoms. The standard InChI is InChI=1S/C5H13NOSi/c1-8(2,3)4-5(6)7/h4H2,1-3H3,(H2,6,7). The van der Waals surface area contributed by atoms with E-state index in [9.17, 15) is 4.79 Å². The normalized spacial score (nSPS) is 11.4. The van der Waals surface area contributed by atoms with Gasteiger partial charge in [-0.15, -0.1) is 0 Å². The smallest absolute Gasteiger partial charge is 0.214 e. The van der Waals surface area contributed by atoms with E-state index in [0.29, 0.717) is 6.04 Å². The van der Waals surface area contributed by atoms with E-state index in [1.165, 1.54) is 0 Å². The molecule has 0 saturated heterocycles. The third-order valence-corrected chi connectivity index (χ3v) is 2.11. The van der Waals surface area contributed by atoms with E-state index in [2.05, 4.69) is 19.6 Å². The molecule has 0 aliphatic heterocycles. The van der Waals surface area contributed by atoms with Crippen LogP contribution in [0.3, 0.4) is 0 Å². The Labute approximate surface area is 51.1 Å². The Hall–Kier alpha value is -0.313. The molecule has 48 valence electrons. The Morgan fingerprint density at radius 2 is 1.88 bits per heavy atom. The predicted molar refractivity (Wildman–Crippen MR) is 37.3 cm³/mol. The number of amides is 1. The van der Waals surface area contributed by atoms with Crippen molar-refractivity contribution in [2.75, 3.05) is 0 Å². The molecule has 0 saturated carbocycles. The largest absolute Gasteiger partial charge is 0.370 e. The van der Waals surface area contributed by atoms with Crippen molar-refractivity contribution in [3.63, 3.8) is 0 Å². The fraction of sp³-hybridized carbons (Fsp3) is 0.800. The Morgan fingerprint density at radius 1 is 1.50 bits per heavy atom. The van der Waals surface area contributed by atoms with E-state index in [4.69, 9.17) is 5.73 Å². The molecule has 0 fully saturated rings. The van der Waals surface area contributed by atoms with Crippen molar-refractivity contribution in [2.24, 2.45) is 5.73 Å². The maximum absolute atomic E-state index is 10.3. The van der Waals surface area contributed by atoms with Gasteiger partial charge in [-0.3, -0.25) is 4.79 Å². The maximum Gasteiger partial charge on any atom is 0.214 e. The SMILES string of the molecule is C[Si](C)(C)CC(N)=O. The molecule has 3 heteroatoms. The monoisotopic (exact) mass is 131 g/mol. The zero-order chi connectivity index (χ0) is 6.78. The van der Waals surface area contributed by atoms with Crippen LogP contribution in [-0.4, -0.2) is 14.0 Å². The first-order valence-electron chi connectivity index (χ1n) is 2.70. The highest BCUT2D eigenvalue weighted by Gasteiger charge is 2.15. The maximum atomic E-state index is 10.3. The van der Waals surface area contributed by atoms with Gasteiger partial charge in [-0.1, -0.05) is 19.6 Å².